The first-order valence-electron chi connectivity index (χ1n) is 9.93. The van der Waals surface area contributed by atoms with Crippen LogP contribution in [-0.4, -0.2) is 35.9 Å². The maximum absolute atomic E-state index is 12.3. The molecule has 0 aromatic heterocycles. The van der Waals surface area contributed by atoms with Crippen LogP contribution in [0.3, 0.4) is 0 Å². The number of hydrogen-bond acceptors (Lipinski definition) is 5. The lowest BCUT2D eigenvalue weighted by atomic mass is 10.1. The van der Waals surface area contributed by atoms with E-state index in [2.05, 4.69) is 11.1 Å². The fourth-order valence-electron chi connectivity index (χ4n) is 3.20. The zero-order valence-electron chi connectivity index (χ0n) is 17.6. The van der Waals surface area contributed by atoms with Crippen molar-refractivity contribution in [2.45, 2.75) is 20.8 Å². The Hall–Kier alpha value is -3.87. The van der Waals surface area contributed by atoms with Crippen molar-refractivity contribution in [3.8, 4) is 11.5 Å². The molecule has 1 N–H and O–H groups in total. The largest absolute Gasteiger partial charge is 0.490 e. The quantitative estimate of drug-likeness (QED) is 0.562. The average molecular weight is 417 g/mol. The summed E-state index contributed by atoms with van der Waals surface area (Å²) < 4.78 is 11.5. The molecule has 2 aliphatic rings. The van der Waals surface area contributed by atoms with Crippen molar-refractivity contribution in [2.24, 2.45) is 4.99 Å². The topological polar surface area (TPSA) is 84.2 Å². The van der Waals surface area contributed by atoms with Gasteiger partial charge in [-0.2, -0.15) is 4.99 Å². The number of benzene rings is 2. The van der Waals surface area contributed by atoms with Crippen molar-refractivity contribution < 1.29 is 19.1 Å². The highest BCUT2D eigenvalue weighted by Gasteiger charge is 2.34. The highest BCUT2D eigenvalue weighted by Crippen LogP contribution is 2.24. The number of rotatable bonds is 6. The summed E-state index contributed by atoms with van der Waals surface area (Å²) in [6, 6.07) is 13.4. The minimum absolute atomic E-state index is 0.0352. The van der Waals surface area contributed by atoms with E-state index in [4.69, 9.17) is 19.7 Å². The Labute approximate surface area is 180 Å². The molecule has 2 aliphatic heterocycles. The van der Waals surface area contributed by atoms with Gasteiger partial charge in [-0.15, -0.1) is 5.06 Å². The highest BCUT2D eigenvalue weighted by atomic mass is 16.7. The Morgan fingerprint density at radius 2 is 1.81 bits per heavy atom. The molecule has 4 rings (SSSR count). The number of fused-ring (bicyclic) bond motifs is 1. The third-order valence-corrected chi connectivity index (χ3v) is 4.82. The number of allylic oxidation sites excluding steroid dienone is 1. The zero-order valence-corrected chi connectivity index (χ0v) is 17.6. The number of hydroxylamine groups is 2. The summed E-state index contributed by atoms with van der Waals surface area (Å²) in [5.74, 6) is 1.97. The average Bonchev–Trinajstić information content (AvgIpc) is 3.12. The van der Waals surface area contributed by atoms with E-state index in [9.17, 15) is 4.79 Å². The van der Waals surface area contributed by atoms with Crippen molar-refractivity contribution in [1.82, 2.24) is 5.06 Å². The van der Waals surface area contributed by atoms with Crippen LogP contribution in [0.25, 0.3) is 6.08 Å². The minimum Gasteiger partial charge on any atom is -0.490 e. The van der Waals surface area contributed by atoms with Gasteiger partial charge in [0, 0.05) is 6.08 Å². The molecule has 2 aromatic carbocycles. The molecule has 7 nitrogen and oxygen atoms in total. The summed E-state index contributed by atoms with van der Waals surface area (Å²) in [6.07, 6.45) is 3.24. The lowest BCUT2D eigenvalue weighted by Gasteiger charge is -2.22. The molecule has 1 amide bonds. The second-order valence-electron chi connectivity index (χ2n) is 7.36. The third-order valence-electron chi connectivity index (χ3n) is 4.82. The third kappa shape index (κ3) is 4.50. The molecule has 0 saturated heterocycles. The number of nitrogens with one attached hydrogen (secondary N) is 1. The standard InChI is InChI=1S/C24H23N3O4/c1-15-4-5-16(2)21(12-15)30-11-10-29-19-8-6-18(7-9-19)14-20-23(25)27-22(26-24(20)28)13-17(3)31-27/h4-9,12-14,25H,10-11H2,1-3H3/b20-14-,25-23?. The molecule has 7 heteroatoms. The number of amides is 1. The van der Waals surface area contributed by atoms with E-state index in [0.717, 1.165) is 22.4 Å². The molecule has 0 fully saturated rings. The van der Waals surface area contributed by atoms with Gasteiger partial charge in [-0.05, 0) is 61.7 Å². The van der Waals surface area contributed by atoms with Gasteiger partial charge < -0.3 is 14.3 Å². The number of hydrogen-bond donors (Lipinski definition) is 1. The molecule has 2 aromatic rings. The van der Waals surface area contributed by atoms with Gasteiger partial charge in [0.25, 0.3) is 5.91 Å². The molecule has 0 aliphatic carbocycles. The van der Waals surface area contributed by atoms with Gasteiger partial charge in [0.15, 0.2) is 11.7 Å². The van der Waals surface area contributed by atoms with Gasteiger partial charge in [0.05, 0.1) is 5.57 Å². The van der Waals surface area contributed by atoms with Crippen molar-refractivity contribution in [1.29, 1.82) is 5.41 Å². The van der Waals surface area contributed by atoms with E-state index < -0.39 is 5.91 Å². The van der Waals surface area contributed by atoms with Crippen LogP contribution in [0.2, 0.25) is 0 Å². The number of nitrogens with zero attached hydrogens (tertiary/aromatic N) is 2. The van der Waals surface area contributed by atoms with Crippen LogP contribution in [0.4, 0.5) is 0 Å². The number of aliphatic imine (C=N–C) groups is 1. The smallest absolute Gasteiger partial charge is 0.282 e. The number of carbonyl (C=O) groups excluding carboxylic acids is 1. The van der Waals surface area contributed by atoms with Gasteiger partial charge in [0.2, 0.25) is 0 Å². The van der Waals surface area contributed by atoms with Crippen LogP contribution in [0, 0.1) is 19.3 Å². The molecule has 0 radical (unpaired) electrons. The van der Waals surface area contributed by atoms with Crippen molar-refractivity contribution in [2.75, 3.05) is 13.2 Å². The summed E-state index contributed by atoms with van der Waals surface area (Å²) in [4.78, 5) is 21.7. The van der Waals surface area contributed by atoms with Crippen LogP contribution in [0.1, 0.15) is 23.6 Å². The first-order valence-corrected chi connectivity index (χ1v) is 9.93. The van der Waals surface area contributed by atoms with Gasteiger partial charge in [-0.3, -0.25) is 10.2 Å². The van der Waals surface area contributed by atoms with E-state index in [1.165, 1.54) is 5.06 Å². The first kappa shape index (κ1) is 20.4. The fourth-order valence-corrected chi connectivity index (χ4v) is 3.20. The molecular formula is C24H23N3O4. The van der Waals surface area contributed by atoms with Crippen LogP contribution in [0.15, 0.2) is 64.9 Å². The summed E-state index contributed by atoms with van der Waals surface area (Å²) in [7, 11) is 0. The van der Waals surface area contributed by atoms with E-state index in [1.807, 2.05) is 50.2 Å². The van der Waals surface area contributed by atoms with E-state index >= 15 is 0 Å². The fraction of sp³-hybridized carbons (Fsp3) is 0.208. The van der Waals surface area contributed by atoms with Gasteiger partial charge in [-0.1, -0.05) is 24.3 Å². The van der Waals surface area contributed by atoms with Crippen molar-refractivity contribution in [3.63, 3.8) is 0 Å². The lowest BCUT2D eigenvalue weighted by molar-refractivity contribution is -0.114. The summed E-state index contributed by atoms with van der Waals surface area (Å²) in [5.41, 5.74) is 3.17. The number of ether oxygens (including phenoxy) is 2. The molecule has 0 saturated carbocycles. The van der Waals surface area contributed by atoms with E-state index in [0.29, 0.717) is 30.6 Å². The molecular weight excluding hydrogens is 394 g/mol. The predicted octanol–water partition coefficient (Wildman–Crippen LogP) is 4.21. The molecule has 158 valence electrons. The van der Waals surface area contributed by atoms with Crippen LogP contribution in [0.5, 0.6) is 11.5 Å². The van der Waals surface area contributed by atoms with Gasteiger partial charge in [0.1, 0.15) is 30.5 Å². The maximum atomic E-state index is 12.3. The van der Waals surface area contributed by atoms with Crippen molar-refractivity contribution in [3.05, 3.63) is 76.6 Å². The lowest BCUT2D eigenvalue weighted by Crippen LogP contribution is -2.38. The summed E-state index contributed by atoms with van der Waals surface area (Å²) in [5, 5.41) is 9.50. The minimum atomic E-state index is -0.463. The molecule has 0 spiro atoms. The molecule has 0 unspecified atom stereocenters. The number of aryl methyl sites for hydroxylation is 2. The first-order chi connectivity index (χ1) is 14.9. The van der Waals surface area contributed by atoms with Gasteiger partial charge >= 0.3 is 0 Å². The molecule has 31 heavy (non-hydrogen) atoms. The van der Waals surface area contributed by atoms with Crippen molar-refractivity contribution >= 4 is 23.7 Å². The SMILES string of the molecule is CC1=CC2=NC(=O)/C(=C\c3ccc(OCCOc4cc(C)ccc4C)cc3)C(=N)N2O1. The van der Waals surface area contributed by atoms with E-state index in [1.54, 1.807) is 19.1 Å². The second kappa shape index (κ2) is 8.47. The Balaban J connectivity index is 1.35. The van der Waals surface area contributed by atoms with Crippen LogP contribution < -0.4 is 9.47 Å². The Morgan fingerprint density at radius 3 is 2.58 bits per heavy atom. The Morgan fingerprint density at radius 1 is 1.06 bits per heavy atom. The van der Waals surface area contributed by atoms with E-state index in [-0.39, 0.29) is 11.4 Å². The normalized spacial score (nSPS) is 16.6. The summed E-state index contributed by atoms with van der Waals surface area (Å²) >= 11 is 0. The maximum Gasteiger partial charge on any atom is 0.282 e. The van der Waals surface area contributed by atoms with Gasteiger partial charge in [-0.25, -0.2) is 0 Å². The number of amidine groups is 2. The Bertz CT molecular complexity index is 1130. The monoisotopic (exact) mass is 417 g/mol. The van der Waals surface area contributed by atoms with Crippen LogP contribution >= 0.6 is 0 Å². The predicted molar refractivity (Wildman–Crippen MR) is 118 cm³/mol. The number of carbonyl (C=O) groups is 1. The zero-order chi connectivity index (χ0) is 22.0. The Kier molecular flexibility index (Phi) is 5.58. The van der Waals surface area contributed by atoms with Crippen LogP contribution in [-0.2, 0) is 9.63 Å². The second-order valence-corrected chi connectivity index (χ2v) is 7.36. The highest BCUT2D eigenvalue weighted by molar-refractivity contribution is 6.32. The summed E-state index contributed by atoms with van der Waals surface area (Å²) in [6.45, 7) is 6.63. The molecule has 0 bridgehead atoms. The molecule has 0 atom stereocenters. The molecule has 2 heterocycles.